The van der Waals surface area contributed by atoms with E-state index in [0.29, 0.717) is 17.6 Å². The van der Waals surface area contributed by atoms with E-state index in [-0.39, 0.29) is 5.97 Å². The zero-order valence-electron chi connectivity index (χ0n) is 10.9. The maximum absolute atomic E-state index is 10.8. The molecule has 17 heavy (non-hydrogen) atoms. The van der Waals surface area contributed by atoms with Crippen molar-refractivity contribution in [1.29, 1.82) is 0 Å². The van der Waals surface area contributed by atoms with E-state index >= 15 is 0 Å². The molecule has 0 aliphatic heterocycles. The van der Waals surface area contributed by atoms with Gasteiger partial charge in [0.05, 0.1) is 0 Å². The molecule has 0 amide bonds. The van der Waals surface area contributed by atoms with E-state index in [9.17, 15) is 4.79 Å². The quantitative estimate of drug-likeness (QED) is 0.446. The van der Waals surface area contributed by atoms with Gasteiger partial charge in [-0.2, -0.15) is 0 Å². The second kappa shape index (κ2) is 6.24. The van der Waals surface area contributed by atoms with Crippen molar-refractivity contribution in [2.24, 2.45) is 5.92 Å². The Kier molecular flexibility index (Phi) is 4.95. The zero-order chi connectivity index (χ0) is 12.8. The van der Waals surface area contributed by atoms with Crippen LogP contribution in [-0.2, 0) is 4.79 Å². The molecule has 0 radical (unpaired) electrons. The lowest BCUT2D eigenvalue weighted by atomic mass is 9.88. The number of ether oxygens (including phenoxy) is 1. The number of carbonyl (C=O) groups is 1. The molecule has 92 valence electrons. The van der Waals surface area contributed by atoms with Crippen molar-refractivity contribution >= 4 is 5.97 Å². The summed E-state index contributed by atoms with van der Waals surface area (Å²) in [6, 6.07) is 7.72. The van der Waals surface area contributed by atoms with Gasteiger partial charge in [-0.1, -0.05) is 38.1 Å². The molecule has 0 saturated carbocycles. The standard InChI is InChI=1S/C15H20O2/c1-5-6-15(11(2)3)13-7-9-14(10-8-13)17-12(4)16/h5-11,15H,1-4H3/b6-5+. The minimum atomic E-state index is -0.286. The molecule has 0 bridgehead atoms. The fourth-order valence-electron chi connectivity index (χ4n) is 1.85. The molecule has 2 nitrogen and oxygen atoms in total. The average Bonchev–Trinajstić information content (AvgIpc) is 2.26. The minimum absolute atomic E-state index is 0.286. The van der Waals surface area contributed by atoms with Crippen molar-refractivity contribution in [3.63, 3.8) is 0 Å². The smallest absolute Gasteiger partial charge is 0.308 e. The topological polar surface area (TPSA) is 26.3 Å². The van der Waals surface area contributed by atoms with Gasteiger partial charge in [-0.3, -0.25) is 4.79 Å². The largest absolute Gasteiger partial charge is 0.427 e. The molecule has 1 aromatic carbocycles. The van der Waals surface area contributed by atoms with E-state index in [1.54, 1.807) is 0 Å². The Hall–Kier alpha value is -1.57. The van der Waals surface area contributed by atoms with Crippen LogP contribution in [0.1, 0.15) is 39.2 Å². The summed E-state index contributed by atoms with van der Waals surface area (Å²) in [5.74, 6) is 1.27. The molecule has 1 atom stereocenters. The summed E-state index contributed by atoms with van der Waals surface area (Å²) in [5.41, 5.74) is 1.24. The molecule has 0 saturated heterocycles. The maximum Gasteiger partial charge on any atom is 0.308 e. The highest BCUT2D eigenvalue weighted by Gasteiger charge is 2.12. The fourth-order valence-corrected chi connectivity index (χ4v) is 1.85. The summed E-state index contributed by atoms with van der Waals surface area (Å²) in [5, 5.41) is 0. The summed E-state index contributed by atoms with van der Waals surface area (Å²) in [7, 11) is 0. The maximum atomic E-state index is 10.8. The molecule has 1 rings (SSSR count). The lowest BCUT2D eigenvalue weighted by molar-refractivity contribution is -0.131. The van der Waals surface area contributed by atoms with Crippen LogP contribution >= 0.6 is 0 Å². The first kappa shape index (κ1) is 13.5. The molecule has 0 fully saturated rings. The second-order valence-corrected chi connectivity index (χ2v) is 4.46. The summed E-state index contributed by atoms with van der Waals surface area (Å²) < 4.78 is 5.01. The first-order chi connectivity index (χ1) is 8.04. The Morgan fingerprint density at radius 2 is 1.82 bits per heavy atom. The van der Waals surface area contributed by atoms with Gasteiger partial charge >= 0.3 is 5.97 Å². The van der Waals surface area contributed by atoms with Gasteiger partial charge in [-0.25, -0.2) is 0 Å². The molecular weight excluding hydrogens is 212 g/mol. The lowest BCUT2D eigenvalue weighted by Gasteiger charge is -2.17. The van der Waals surface area contributed by atoms with Crippen molar-refractivity contribution in [1.82, 2.24) is 0 Å². The zero-order valence-corrected chi connectivity index (χ0v) is 10.9. The van der Waals surface area contributed by atoms with E-state index in [4.69, 9.17) is 4.74 Å². The summed E-state index contributed by atoms with van der Waals surface area (Å²) in [4.78, 5) is 10.8. The van der Waals surface area contributed by atoms with Gasteiger partial charge in [0.15, 0.2) is 0 Å². The summed E-state index contributed by atoms with van der Waals surface area (Å²) >= 11 is 0. The number of benzene rings is 1. The number of hydrogen-bond acceptors (Lipinski definition) is 2. The van der Waals surface area contributed by atoms with Crippen LogP contribution in [0.25, 0.3) is 0 Å². The molecule has 0 spiro atoms. The Balaban J connectivity index is 2.88. The number of esters is 1. The first-order valence-corrected chi connectivity index (χ1v) is 5.95. The van der Waals surface area contributed by atoms with Crippen molar-refractivity contribution in [2.45, 2.75) is 33.6 Å². The van der Waals surface area contributed by atoms with Crippen LogP contribution in [0.2, 0.25) is 0 Å². The Morgan fingerprint density at radius 3 is 2.24 bits per heavy atom. The van der Waals surface area contributed by atoms with Crippen molar-refractivity contribution in [2.75, 3.05) is 0 Å². The molecular formula is C15H20O2. The predicted molar refractivity (Wildman–Crippen MR) is 70.1 cm³/mol. The van der Waals surface area contributed by atoms with E-state index in [1.165, 1.54) is 12.5 Å². The number of allylic oxidation sites excluding steroid dienone is 2. The van der Waals surface area contributed by atoms with Crippen molar-refractivity contribution in [3.8, 4) is 5.75 Å². The second-order valence-electron chi connectivity index (χ2n) is 4.46. The van der Waals surface area contributed by atoms with Crippen molar-refractivity contribution < 1.29 is 9.53 Å². The molecule has 1 aromatic rings. The Morgan fingerprint density at radius 1 is 1.24 bits per heavy atom. The highest BCUT2D eigenvalue weighted by Crippen LogP contribution is 2.27. The monoisotopic (exact) mass is 232 g/mol. The highest BCUT2D eigenvalue weighted by molar-refractivity contribution is 5.69. The summed E-state index contributed by atoms with van der Waals surface area (Å²) in [6.07, 6.45) is 4.27. The van der Waals surface area contributed by atoms with Crippen LogP contribution in [0.5, 0.6) is 5.75 Å². The predicted octanol–water partition coefficient (Wildman–Crippen LogP) is 3.93. The van der Waals surface area contributed by atoms with Crippen LogP contribution in [0, 0.1) is 5.92 Å². The minimum Gasteiger partial charge on any atom is -0.427 e. The van der Waals surface area contributed by atoms with Gasteiger partial charge in [0, 0.05) is 12.8 Å². The molecule has 0 N–H and O–H groups in total. The number of carbonyl (C=O) groups excluding carboxylic acids is 1. The molecule has 0 aliphatic carbocycles. The Bertz CT molecular complexity index is 388. The highest BCUT2D eigenvalue weighted by atomic mass is 16.5. The van der Waals surface area contributed by atoms with Crippen molar-refractivity contribution in [3.05, 3.63) is 42.0 Å². The van der Waals surface area contributed by atoms with E-state index in [2.05, 4.69) is 26.0 Å². The van der Waals surface area contributed by atoms with Gasteiger partial charge in [-0.15, -0.1) is 0 Å². The van der Waals surface area contributed by atoms with Crippen LogP contribution in [-0.4, -0.2) is 5.97 Å². The number of hydrogen-bond donors (Lipinski definition) is 0. The van der Waals surface area contributed by atoms with Gasteiger partial charge in [-0.05, 0) is 30.5 Å². The summed E-state index contributed by atoms with van der Waals surface area (Å²) in [6.45, 7) is 7.84. The molecule has 2 heteroatoms. The SMILES string of the molecule is C/C=C/C(c1ccc(OC(C)=O)cc1)C(C)C. The van der Waals surface area contributed by atoms with Crippen LogP contribution < -0.4 is 4.74 Å². The van der Waals surface area contributed by atoms with E-state index in [0.717, 1.165) is 0 Å². The third kappa shape index (κ3) is 4.06. The third-order valence-corrected chi connectivity index (χ3v) is 2.64. The average molecular weight is 232 g/mol. The van der Waals surface area contributed by atoms with Crippen LogP contribution in [0.3, 0.4) is 0 Å². The van der Waals surface area contributed by atoms with Gasteiger partial charge < -0.3 is 4.74 Å². The normalized spacial score (nSPS) is 13.0. The Labute approximate surface area is 103 Å². The molecule has 0 aromatic heterocycles. The third-order valence-electron chi connectivity index (χ3n) is 2.64. The molecule has 1 unspecified atom stereocenters. The van der Waals surface area contributed by atoms with Gasteiger partial charge in [0.2, 0.25) is 0 Å². The number of rotatable bonds is 4. The van der Waals surface area contributed by atoms with Gasteiger partial charge in [0.25, 0.3) is 0 Å². The molecule has 0 heterocycles. The van der Waals surface area contributed by atoms with E-state index in [1.807, 2.05) is 31.2 Å². The van der Waals surface area contributed by atoms with E-state index < -0.39 is 0 Å². The lowest BCUT2D eigenvalue weighted by Crippen LogP contribution is -2.05. The van der Waals surface area contributed by atoms with Crippen LogP contribution in [0.4, 0.5) is 0 Å². The fraction of sp³-hybridized carbons (Fsp3) is 0.400. The van der Waals surface area contributed by atoms with Gasteiger partial charge in [0.1, 0.15) is 5.75 Å². The molecule has 0 aliphatic rings. The first-order valence-electron chi connectivity index (χ1n) is 5.95. The van der Waals surface area contributed by atoms with Crippen LogP contribution in [0.15, 0.2) is 36.4 Å².